The van der Waals surface area contributed by atoms with Crippen LogP contribution in [0, 0.1) is 5.92 Å². The summed E-state index contributed by atoms with van der Waals surface area (Å²) in [6.45, 7) is 3.69. The van der Waals surface area contributed by atoms with E-state index < -0.39 is 0 Å². The first-order valence-corrected chi connectivity index (χ1v) is 9.84. The molecule has 0 saturated carbocycles. The molecule has 1 aromatic carbocycles. The Balaban J connectivity index is 1.51. The van der Waals surface area contributed by atoms with Crippen molar-refractivity contribution in [1.82, 2.24) is 15.2 Å². The fourth-order valence-electron chi connectivity index (χ4n) is 3.65. The Kier molecular flexibility index (Phi) is 7.30. The first kappa shape index (κ1) is 20.9. The molecular weight excluding hydrogens is 370 g/mol. The van der Waals surface area contributed by atoms with Crippen LogP contribution in [0.25, 0.3) is 0 Å². The largest absolute Gasteiger partial charge is 0.493 e. The molecule has 1 saturated heterocycles. The Labute approximate surface area is 172 Å². The van der Waals surface area contributed by atoms with Crippen molar-refractivity contribution in [2.24, 2.45) is 5.92 Å². The van der Waals surface area contributed by atoms with E-state index in [1.807, 2.05) is 12.4 Å². The van der Waals surface area contributed by atoms with Gasteiger partial charge >= 0.3 is 0 Å². The number of benzene rings is 1. The van der Waals surface area contributed by atoms with E-state index in [1.165, 1.54) is 5.56 Å². The van der Waals surface area contributed by atoms with Crippen molar-refractivity contribution in [3.05, 3.63) is 47.8 Å². The van der Waals surface area contributed by atoms with Crippen LogP contribution in [-0.2, 0) is 6.54 Å². The number of aromatic nitrogens is 1. The quantitative estimate of drug-likeness (QED) is 0.736. The van der Waals surface area contributed by atoms with Crippen LogP contribution in [-0.4, -0.2) is 56.8 Å². The number of rotatable bonds is 8. The number of amides is 1. The van der Waals surface area contributed by atoms with Crippen LogP contribution in [0.3, 0.4) is 0 Å². The molecule has 156 valence electrons. The summed E-state index contributed by atoms with van der Waals surface area (Å²) in [5.74, 6) is 1.77. The molecule has 1 aliphatic rings. The number of hydrogen-bond donors (Lipinski definition) is 1. The van der Waals surface area contributed by atoms with Gasteiger partial charge in [-0.1, -0.05) is 0 Å². The zero-order valence-electron chi connectivity index (χ0n) is 17.3. The van der Waals surface area contributed by atoms with Crippen molar-refractivity contribution >= 4 is 5.91 Å². The van der Waals surface area contributed by atoms with E-state index in [2.05, 4.69) is 27.3 Å². The maximum Gasteiger partial charge on any atom is 0.251 e. The summed E-state index contributed by atoms with van der Waals surface area (Å²) in [4.78, 5) is 19.2. The van der Waals surface area contributed by atoms with E-state index in [4.69, 9.17) is 14.2 Å². The SMILES string of the molecule is COc1cc(C(=O)NCC2CCN(Cc3ccncc3)CC2)cc(OC)c1OC. The highest BCUT2D eigenvalue weighted by Gasteiger charge is 2.21. The van der Waals surface area contributed by atoms with Crippen molar-refractivity contribution < 1.29 is 19.0 Å². The lowest BCUT2D eigenvalue weighted by Crippen LogP contribution is -2.38. The molecule has 1 aliphatic heterocycles. The van der Waals surface area contributed by atoms with Crippen molar-refractivity contribution in [3.8, 4) is 17.2 Å². The summed E-state index contributed by atoms with van der Waals surface area (Å²) >= 11 is 0. The molecule has 7 nitrogen and oxygen atoms in total. The van der Waals surface area contributed by atoms with Gasteiger partial charge < -0.3 is 19.5 Å². The number of carbonyl (C=O) groups excluding carboxylic acids is 1. The smallest absolute Gasteiger partial charge is 0.251 e. The lowest BCUT2D eigenvalue weighted by molar-refractivity contribution is 0.0934. The number of methoxy groups -OCH3 is 3. The van der Waals surface area contributed by atoms with Crippen LogP contribution < -0.4 is 19.5 Å². The molecule has 0 bridgehead atoms. The second kappa shape index (κ2) is 10.1. The van der Waals surface area contributed by atoms with Crippen molar-refractivity contribution in [1.29, 1.82) is 0 Å². The number of ether oxygens (including phenoxy) is 3. The summed E-state index contributed by atoms with van der Waals surface area (Å²) in [5.41, 5.74) is 1.78. The monoisotopic (exact) mass is 399 g/mol. The van der Waals surface area contributed by atoms with Crippen LogP contribution >= 0.6 is 0 Å². The van der Waals surface area contributed by atoms with E-state index in [9.17, 15) is 4.79 Å². The average molecular weight is 399 g/mol. The minimum Gasteiger partial charge on any atom is -0.493 e. The summed E-state index contributed by atoms with van der Waals surface area (Å²) in [5, 5.41) is 3.06. The molecule has 0 atom stereocenters. The lowest BCUT2D eigenvalue weighted by Gasteiger charge is -2.32. The average Bonchev–Trinajstić information content (AvgIpc) is 2.78. The summed E-state index contributed by atoms with van der Waals surface area (Å²) in [7, 11) is 4.62. The van der Waals surface area contributed by atoms with E-state index in [1.54, 1.807) is 33.5 Å². The van der Waals surface area contributed by atoms with Crippen LogP contribution in [0.15, 0.2) is 36.7 Å². The third-order valence-corrected chi connectivity index (χ3v) is 5.34. The van der Waals surface area contributed by atoms with Gasteiger partial charge in [0.05, 0.1) is 21.3 Å². The van der Waals surface area contributed by atoms with E-state index >= 15 is 0 Å². The molecule has 7 heteroatoms. The van der Waals surface area contributed by atoms with Gasteiger partial charge in [0.1, 0.15) is 0 Å². The zero-order chi connectivity index (χ0) is 20.6. The van der Waals surface area contributed by atoms with Crippen molar-refractivity contribution in [2.75, 3.05) is 41.0 Å². The number of piperidine rings is 1. The fourth-order valence-corrected chi connectivity index (χ4v) is 3.65. The minimum atomic E-state index is -0.136. The molecular formula is C22H29N3O4. The number of nitrogens with one attached hydrogen (secondary N) is 1. The topological polar surface area (TPSA) is 72.9 Å². The van der Waals surface area contributed by atoms with Crippen LogP contribution in [0.5, 0.6) is 17.2 Å². The highest BCUT2D eigenvalue weighted by Crippen LogP contribution is 2.38. The van der Waals surface area contributed by atoms with E-state index in [-0.39, 0.29) is 5.91 Å². The first-order chi connectivity index (χ1) is 14.1. The highest BCUT2D eigenvalue weighted by atomic mass is 16.5. The second-order valence-corrected chi connectivity index (χ2v) is 7.20. The fraction of sp³-hybridized carbons (Fsp3) is 0.455. The molecule has 2 heterocycles. The third-order valence-electron chi connectivity index (χ3n) is 5.34. The molecule has 1 fully saturated rings. The molecule has 0 unspecified atom stereocenters. The normalized spacial score (nSPS) is 15.0. The summed E-state index contributed by atoms with van der Waals surface area (Å²) in [6.07, 6.45) is 5.81. The number of likely N-dealkylation sites (tertiary alicyclic amines) is 1. The number of pyridine rings is 1. The van der Waals surface area contributed by atoms with Gasteiger partial charge in [-0.3, -0.25) is 14.7 Å². The van der Waals surface area contributed by atoms with Crippen LogP contribution in [0.2, 0.25) is 0 Å². The van der Waals surface area contributed by atoms with Crippen LogP contribution in [0.1, 0.15) is 28.8 Å². The summed E-state index contributed by atoms with van der Waals surface area (Å²) < 4.78 is 16.0. The van der Waals surface area contributed by atoms with E-state index in [0.717, 1.165) is 32.5 Å². The third kappa shape index (κ3) is 5.38. The van der Waals surface area contributed by atoms with Gasteiger partial charge in [0.25, 0.3) is 5.91 Å². The molecule has 1 aromatic heterocycles. The molecule has 1 N–H and O–H groups in total. The number of carbonyl (C=O) groups is 1. The van der Waals surface area contributed by atoms with Gasteiger partial charge in [0.15, 0.2) is 11.5 Å². The molecule has 0 spiro atoms. The van der Waals surface area contributed by atoms with E-state index in [0.29, 0.717) is 35.3 Å². The van der Waals surface area contributed by atoms with Gasteiger partial charge in [0.2, 0.25) is 5.75 Å². The lowest BCUT2D eigenvalue weighted by atomic mass is 9.96. The van der Waals surface area contributed by atoms with Gasteiger partial charge in [-0.15, -0.1) is 0 Å². The molecule has 2 aromatic rings. The van der Waals surface area contributed by atoms with Crippen molar-refractivity contribution in [3.63, 3.8) is 0 Å². The second-order valence-electron chi connectivity index (χ2n) is 7.20. The van der Waals surface area contributed by atoms with Gasteiger partial charge in [-0.2, -0.15) is 0 Å². The maximum atomic E-state index is 12.6. The Morgan fingerprint density at radius 3 is 2.24 bits per heavy atom. The Morgan fingerprint density at radius 2 is 1.69 bits per heavy atom. The van der Waals surface area contributed by atoms with Crippen LogP contribution in [0.4, 0.5) is 0 Å². The van der Waals surface area contributed by atoms with Gasteiger partial charge in [-0.05, 0) is 61.7 Å². The Hall–Kier alpha value is -2.80. The maximum absolute atomic E-state index is 12.6. The highest BCUT2D eigenvalue weighted by molar-refractivity contribution is 5.95. The molecule has 3 rings (SSSR count). The first-order valence-electron chi connectivity index (χ1n) is 9.84. The van der Waals surface area contributed by atoms with Gasteiger partial charge in [0, 0.05) is 31.0 Å². The number of hydrogen-bond acceptors (Lipinski definition) is 6. The molecule has 1 amide bonds. The molecule has 29 heavy (non-hydrogen) atoms. The molecule has 0 radical (unpaired) electrons. The number of nitrogens with zero attached hydrogens (tertiary/aromatic N) is 2. The van der Waals surface area contributed by atoms with Gasteiger partial charge in [-0.25, -0.2) is 0 Å². The Morgan fingerprint density at radius 1 is 1.07 bits per heavy atom. The summed E-state index contributed by atoms with van der Waals surface area (Å²) in [6, 6.07) is 7.47. The predicted octanol–water partition coefficient (Wildman–Crippen LogP) is 2.75. The zero-order valence-corrected chi connectivity index (χ0v) is 17.3. The molecule has 0 aliphatic carbocycles. The standard InChI is InChI=1S/C22H29N3O4/c1-27-19-12-18(13-20(28-2)21(19)29-3)22(26)24-14-16-6-10-25(11-7-16)15-17-4-8-23-9-5-17/h4-5,8-9,12-13,16H,6-7,10-11,14-15H2,1-3H3,(H,24,26). The predicted molar refractivity (Wildman–Crippen MR) is 111 cm³/mol. The Bertz CT molecular complexity index is 780. The minimum absolute atomic E-state index is 0.136. The van der Waals surface area contributed by atoms with Crippen molar-refractivity contribution in [2.45, 2.75) is 19.4 Å².